The van der Waals surface area contributed by atoms with Crippen molar-refractivity contribution in [2.24, 2.45) is 0 Å². The van der Waals surface area contributed by atoms with Crippen LogP contribution in [-0.2, 0) is 0 Å². The summed E-state index contributed by atoms with van der Waals surface area (Å²) < 4.78 is 6.25. The summed E-state index contributed by atoms with van der Waals surface area (Å²) in [4.78, 5) is 28.8. The van der Waals surface area contributed by atoms with Crippen LogP contribution in [0.4, 0.5) is 4.79 Å². The molecule has 0 aliphatic carbocycles. The van der Waals surface area contributed by atoms with Gasteiger partial charge in [0, 0.05) is 39.0 Å². The Hall–Kier alpha value is -2.04. The molecule has 0 unspecified atom stereocenters. The van der Waals surface area contributed by atoms with E-state index in [0.29, 0.717) is 43.7 Å². The molecule has 1 fully saturated rings. The van der Waals surface area contributed by atoms with Crippen LogP contribution in [0.15, 0.2) is 18.2 Å². The minimum atomic E-state index is -0.445. The fraction of sp³-hybridized carbons (Fsp3) is 0.579. The number of urea groups is 1. The molecule has 2 heterocycles. The Balaban J connectivity index is 1.71. The maximum Gasteiger partial charge on any atom is 0.319 e. The number of likely N-dealkylation sites (tertiary alicyclic amines) is 1. The van der Waals surface area contributed by atoms with Crippen molar-refractivity contribution < 1.29 is 14.3 Å². The van der Waals surface area contributed by atoms with Crippen molar-refractivity contribution in [3.63, 3.8) is 0 Å². The number of hydrogen-bond acceptors (Lipinski definition) is 3. The number of nitrogens with zero attached hydrogens (tertiary/aromatic N) is 2. The molecule has 0 N–H and O–H groups in total. The monoisotopic (exact) mass is 330 g/mol. The lowest BCUT2D eigenvalue weighted by atomic mass is 9.82. The van der Waals surface area contributed by atoms with Crippen LogP contribution in [-0.4, -0.2) is 53.4 Å². The standard InChI is InChI=1S/C19H26N2O3/c1-4-20(5-2)18(23)21-10-8-19(9-11-21)13-16(22)15-12-14(3)6-7-17(15)24-19/h6-7,12H,4-5,8-11,13H2,1-3H3. The molecule has 24 heavy (non-hydrogen) atoms. The molecular weight excluding hydrogens is 304 g/mol. The maximum absolute atomic E-state index is 12.6. The maximum atomic E-state index is 12.6. The van der Waals surface area contributed by atoms with Crippen molar-refractivity contribution in [3.8, 4) is 5.75 Å². The number of aryl methyl sites for hydroxylation is 1. The van der Waals surface area contributed by atoms with Crippen molar-refractivity contribution >= 4 is 11.8 Å². The molecule has 2 aliphatic heterocycles. The zero-order valence-electron chi connectivity index (χ0n) is 14.8. The molecule has 0 bridgehead atoms. The fourth-order valence-electron chi connectivity index (χ4n) is 3.69. The summed E-state index contributed by atoms with van der Waals surface area (Å²) in [6.45, 7) is 8.70. The van der Waals surface area contributed by atoms with Crippen molar-refractivity contribution in [2.75, 3.05) is 26.2 Å². The Labute approximate surface area is 143 Å². The van der Waals surface area contributed by atoms with Gasteiger partial charge in [-0.1, -0.05) is 11.6 Å². The summed E-state index contributed by atoms with van der Waals surface area (Å²) in [5.41, 5.74) is 1.32. The first kappa shape index (κ1) is 16.8. The van der Waals surface area contributed by atoms with Gasteiger partial charge in [0.1, 0.15) is 11.4 Å². The molecule has 0 atom stereocenters. The molecule has 1 saturated heterocycles. The number of carbonyl (C=O) groups is 2. The number of Topliss-reactive ketones (excluding diaryl/α,β-unsaturated/α-hetero) is 1. The molecule has 2 aliphatic rings. The Bertz CT molecular complexity index is 644. The van der Waals surface area contributed by atoms with Gasteiger partial charge >= 0.3 is 6.03 Å². The van der Waals surface area contributed by atoms with Crippen LogP contribution in [0, 0.1) is 6.92 Å². The molecule has 1 aromatic carbocycles. The van der Waals surface area contributed by atoms with E-state index in [9.17, 15) is 9.59 Å². The van der Waals surface area contributed by atoms with E-state index in [1.165, 1.54) is 0 Å². The number of carbonyl (C=O) groups excluding carboxylic acids is 2. The third kappa shape index (κ3) is 2.99. The highest BCUT2D eigenvalue weighted by Gasteiger charge is 2.43. The second kappa shape index (κ2) is 6.46. The van der Waals surface area contributed by atoms with Gasteiger partial charge in [-0.2, -0.15) is 0 Å². The van der Waals surface area contributed by atoms with Crippen LogP contribution in [0.25, 0.3) is 0 Å². The Morgan fingerprint density at radius 1 is 1.25 bits per heavy atom. The van der Waals surface area contributed by atoms with Crippen LogP contribution in [0.1, 0.15) is 49.0 Å². The van der Waals surface area contributed by atoms with Crippen LogP contribution in [0.5, 0.6) is 5.75 Å². The second-order valence-corrected chi connectivity index (χ2v) is 6.83. The van der Waals surface area contributed by atoms with E-state index < -0.39 is 5.60 Å². The number of rotatable bonds is 2. The number of hydrogen-bond donors (Lipinski definition) is 0. The number of amides is 2. The van der Waals surface area contributed by atoms with Gasteiger partial charge in [-0.3, -0.25) is 4.79 Å². The van der Waals surface area contributed by atoms with E-state index in [4.69, 9.17) is 4.74 Å². The van der Waals surface area contributed by atoms with E-state index in [1.807, 2.05) is 48.8 Å². The minimum Gasteiger partial charge on any atom is -0.486 e. The van der Waals surface area contributed by atoms with Gasteiger partial charge in [0.15, 0.2) is 5.78 Å². The summed E-state index contributed by atoms with van der Waals surface area (Å²) in [6.07, 6.45) is 1.83. The molecule has 0 radical (unpaired) electrons. The van der Waals surface area contributed by atoms with E-state index in [1.54, 1.807) is 0 Å². The van der Waals surface area contributed by atoms with Crippen molar-refractivity contribution in [1.29, 1.82) is 0 Å². The predicted molar refractivity (Wildman–Crippen MR) is 92.6 cm³/mol. The third-order valence-electron chi connectivity index (χ3n) is 5.22. The number of benzene rings is 1. The molecule has 3 rings (SSSR count). The highest BCUT2D eigenvalue weighted by molar-refractivity contribution is 6.00. The molecule has 2 amide bonds. The Morgan fingerprint density at radius 2 is 1.92 bits per heavy atom. The van der Waals surface area contributed by atoms with Crippen LogP contribution in [0.2, 0.25) is 0 Å². The normalized spacial score (nSPS) is 19.0. The lowest BCUT2D eigenvalue weighted by Gasteiger charge is -2.44. The van der Waals surface area contributed by atoms with Crippen molar-refractivity contribution in [3.05, 3.63) is 29.3 Å². The summed E-state index contributed by atoms with van der Waals surface area (Å²) in [6, 6.07) is 5.87. The van der Waals surface area contributed by atoms with Crippen LogP contribution < -0.4 is 4.74 Å². The fourth-order valence-corrected chi connectivity index (χ4v) is 3.69. The number of piperidine rings is 1. The average Bonchev–Trinajstić information content (AvgIpc) is 2.57. The quantitative estimate of drug-likeness (QED) is 0.836. The number of ketones is 1. The molecule has 1 aromatic rings. The van der Waals surface area contributed by atoms with Gasteiger partial charge in [-0.15, -0.1) is 0 Å². The topological polar surface area (TPSA) is 49.9 Å². The first-order valence-corrected chi connectivity index (χ1v) is 8.85. The molecule has 5 heteroatoms. The van der Waals surface area contributed by atoms with E-state index >= 15 is 0 Å². The molecule has 0 saturated carbocycles. The summed E-state index contributed by atoms with van der Waals surface area (Å²) in [5, 5.41) is 0. The number of ether oxygens (including phenoxy) is 1. The third-order valence-corrected chi connectivity index (χ3v) is 5.22. The zero-order valence-corrected chi connectivity index (χ0v) is 14.8. The van der Waals surface area contributed by atoms with Gasteiger partial charge in [-0.05, 0) is 32.9 Å². The molecule has 1 spiro atoms. The Kier molecular flexibility index (Phi) is 4.52. The van der Waals surface area contributed by atoms with Gasteiger partial charge in [0.05, 0.1) is 12.0 Å². The van der Waals surface area contributed by atoms with Gasteiger partial charge in [0.25, 0.3) is 0 Å². The van der Waals surface area contributed by atoms with Gasteiger partial charge in [0.2, 0.25) is 0 Å². The van der Waals surface area contributed by atoms with Crippen LogP contribution >= 0.6 is 0 Å². The molecule has 0 aromatic heterocycles. The van der Waals surface area contributed by atoms with Crippen molar-refractivity contribution in [1.82, 2.24) is 9.80 Å². The first-order chi connectivity index (χ1) is 11.5. The second-order valence-electron chi connectivity index (χ2n) is 6.83. The summed E-state index contributed by atoms with van der Waals surface area (Å²) in [5.74, 6) is 0.851. The van der Waals surface area contributed by atoms with Crippen molar-refractivity contribution in [2.45, 2.75) is 45.6 Å². The predicted octanol–water partition coefficient (Wildman–Crippen LogP) is 3.26. The van der Waals surface area contributed by atoms with E-state index in [-0.39, 0.29) is 11.8 Å². The molecule has 130 valence electrons. The summed E-state index contributed by atoms with van der Waals surface area (Å²) >= 11 is 0. The number of fused-ring (bicyclic) bond motifs is 1. The van der Waals surface area contributed by atoms with Crippen LogP contribution in [0.3, 0.4) is 0 Å². The van der Waals surface area contributed by atoms with E-state index in [0.717, 1.165) is 18.7 Å². The average molecular weight is 330 g/mol. The van der Waals surface area contributed by atoms with Gasteiger partial charge < -0.3 is 14.5 Å². The first-order valence-electron chi connectivity index (χ1n) is 8.85. The smallest absolute Gasteiger partial charge is 0.319 e. The summed E-state index contributed by atoms with van der Waals surface area (Å²) in [7, 11) is 0. The SMILES string of the molecule is CCN(CC)C(=O)N1CCC2(CC1)CC(=O)c1cc(C)ccc1O2. The highest BCUT2D eigenvalue weighted by atomic mass is 16.5. The molecule has 5 nitrogen and oxygen atoms in total. The van der Waals surface area contributed by atoms with Gasteiger partial charge in [-0.25, -0.2) is 4.79 Å². The van der Waals surface area contributed by atoms with E-state index in [2.05, 4.69) is 0 Å². The Morgan fingerprint density at radius 3 is 2.54 bits per heavy atom. The highest BCUT2D eigenvalue weighted by Crippen LogP contribution is 2.39. The molecular formula is C19H26N2O3. The lowest BCUT2D eigenvalue weighted by molar-refractivity contribution is -0.00352. The minimum absolute atomic E-state index is 0.0908. The zero-order chi connectivity index (χ0) is 17.3. The lowest BCUT2D eigenvalue weighted by Crippen LogP contribution is -2.54. The largest absolute Gasteiger partial charge is 0.486 e.